The molecule has 0 aromatic heterocycles. The van der Waals surface area contributed by atoms with Gasteiger partial charge < -0.3 is 5.11 Å². The van der Waals surface area contributed by atoms with Crippen molar-refractivity contribution < 1.29 is 23.1 Å². The van der Waals surface area contributed by atoms with Crippen LogP contribution in [0.2, 0.25) is 5.02 Å². The fourth-order valence-electron chi connectivity index (χ4n) is 4.41. The van der Waals surface area contributed by atoms with Gasteiger partial charge in [-0.15, -0.1) is 0 Å². The highest BCUT2D eigenvalue weighted by Gasteiger charge is 2.35. The molecule has 3 nitrogen and oxygen atoms in total. The standard InChI is InChI=1S/C26H23ClF3NO2/c27-23-11-10-21(26(28,29)30)16-22(23)24(31-14-12-20(13-15-31)25(32)33)19-8-6-18(7-9-19)17-4-2-1-3-5-17/h1-11,16,20,24H,12-15H2,(H,32,33). The van der Waals surface area contributed by atoms with Gasteiger partial charge in [-0.05, 0) is 66.4 Å². The summed E-state index contributed by atoms with van der Waals surface area (Å²) in [4.78, 5) is 13.4. The molecule has 172 valence electrons. The number of carbonyl (C=O) groups is 1. The molecule has 1 aliphatic heterocycles. The summed E-state index contributed by atoms with van der Waals surface area (Å²) in [5.74, 6) is -1.28. The van der Waals surface area contributed by atoms with Crippen LogP contribution in [0.4, 0.5) is 13.2 Å². The van der Waals surface area contributed by atoms with Gasteiger partial charge in [0.05, 0.1) is 17.5 Å². The SMILES string of the molecule is O=C(O)C1CCN(C(c2ccc(-c3ccccc3)cc2)c2cc(C(F)(F)F)ccc2Cl)CC1. The fraction of sp³-hybridized carbons (Fsp3) is 0.269. The molecular weight excluding hydrogens is 451 g/mol. The van der Waals surface area contributed by atoms with Gasteiger partial charge in [-0.1, -0.05) is 66.2 Å². The number of aliphatic carboxylic acids is 1. The van der Waals surface area contributed by atoms with Crippen LogP contribution in [0, 0.1) is 5.92 Å². The Hall–Kier alpha value is -2.83. The summed E-state index contributed by atoms with van der Waals surface area (Å²) in [6.07, 6.45) is -3.62. The average Bonchev–Trinajstić information content (AvgIpc) is 2.81. The molecule has 0 radical (unpaired) electrons. The normalized spacial score (nSPS) is 16.5. The van der Waals surface area contributed by atoms with E-state index in [1.165, 1.54) is 6.07 Å². The van der Waals surface area contributed by atoms with E-state index in [1.54, 1.807) is 0 Å². The maximum Gasteiger partial charge on any atom is 0.416 e. The molecule has 1 heterocycles. The number of hydrogen-bond donors (Lipinski definition) is 1. The number of carboxylic acid groups (broad SMARTS) is 1. The van der Waals surface area contributed by atoms with Crippen LogP contribution < -0.4 is 0 Å². The lowest BCUT2D eigenvalue weighted by Crippen LogP contribution is -2.39. The molecule has 0 amide bonds. The van der Waals surface area contributed by atoms with Crippen LogP contribution in [-0.4, -0.2) is 29.1 Å². The minimum absolute atomic E-state index is 0.250. The van der Waals surface area contributed by atoms with E-state index in [2.05, 4.69) is 0 Å². The summed E-state index contributed by atoms with van der Waals surface area (Å²) in [6, 6.07) is 20.4. The smallest absolute Gasteiger partial charge is 0.416 e. The zero-order valence-corrected chi connectivity index (χ0v) is 18.5. The van der Waals surface area contributed by atoms with Gasteiger partial charge in [0, 0.05) is 5.02 Å². The van der Waals surface area contributed by atoms with E-state index >= 15 is 0 Å². The Labute approximate surface area is 195 Å². The summed E-state index contributed by atoms with van der Waals surface area (Å²) in [5.41, 5.74) is 2.46. The lowest BCUT2D eigenvalue weighted by molar-refractivity contribution is -0.143. The highest BCUT2D eigenvalue weighted by molar-refractivity contribution is 6.31. The predicted molar refractivity (Wildman–Crippen MR) is 122 cm³/mol. The first-order valence-corrected chi connectivity index (χ1v) is 11.1. The maximum absolute atomic E-state index is 13.5. The molecule has 4 rings (SSSR count). The quantitative estimate of drug-likeness (QED) is 0.437. The molecule has 7 heteroatoms. The van der Waals surface area contributed by atoms with Crippen LogP contribution in [-0.2, 0) is 11.0 Å². The van der Waals surface area contributed by atoms with Gasteiger partial charge in [0.25, 0.3) is 0 Å². The van der Waals surface area contributed by atoms with Crippen molar-refractivity contribution >= 4 is 17.6 Å². The molecule has 1 saturated heterocycles. The Bertz CT molecular complexity index is 1110. The molecule has 1 N–H and O–H groups in total. The number of benzene rings is 3. The van der Waals surface area contributed by atoms with Gasteiger partial charge in [-0.3, -0.25) is 9.69 Å². The van der Waals surface area contributed by atoms with E-state index in [9.17, 15) is 23.1 Å². The molecule has 1 unspecified atom stereocenters. The van der Waals surface area contributed by atoms with Crippen LogP contribution in [0.5, 0.6) is 0 Å². The van der Waals surface area contributed by atoms with Crippen molar-refractivity contribution in [1.29, 1.82) is 0 Å². The van der Waals surface area contributed by atoms with Crippen molar-refractivity contribution in [2.75, 3.05) is 13.1 Å². The fourth-order valence-corrected chi connectivity index (χ4v) is 4.63. The van der Waals surface area contributed by atoms with Crippen molar-refractivity contribution in [3.05, 3.63) is 94.5 Å². The summed E-state index contributed by atoms with van der Waals surface area (Å²) in [5, 5.41) is 9.59. The molecule has 1 aliphatic rings. The molecule has 0 bridgehead atoms. The van der Waals surface area contributed by atoms with Gasteiger partial charge in [0.1, 0.15) is 0 Å². The summed E-state index contributed by atoms with van der Waals surface area (Å²) in [6.45, 7) is 0.906. The molecule has 0 spiro atoms. The van der Waals surface area contributed by atoms with Crippen molar-refractivity contribution in [3.63, 3.8) is 0 Å². The second-order valence-electron chi connectivity index (χ2n) is 8.27. The number of hydrogen-bond acceptors (Lipinski definition) is 2. The minimum Gasteiger partial charge on any atom is -0.481 e. The van der Waals surface area contributed by atoms with Crippen molar-refractivity contribution in [1.82, 2.24) is 4.90 Å². The molecule has 3 aromatic carbocycles. The first-order chi connectivity index (χ1) is 15.7. The summed E-state index contributed by atoms with van der Waals surface area (Å²) >= 11 is 6.43. The van der Waals surface area contributed by atoms with Crippen molar-refractivity contribution in [2.24, 2.45) is 5.92 Å². The van der Waals surface area contributed by atoms with Crippen molar-refractivity contribution in [3.8, 4) is 11.1 Å². The van der Waals surface area contributed by atoms with E-state index in [4.69, 9.17) is 11.6 Å². The number of halogens is 4. The lowest BCUT2D eigenvalue weighted by Gasteiger charge is -2.37. The Balaban J connectivity index is 1.74. The molecule has 0 saturated carbocycles. The van der Waals surface area contributed by atoms with Gasteiger partial charge >= 0.3 is 12.1 Å². The number of piperidine rings is 1. The molecule has 0 aliphatic carbocycles. The zero-order valence-electron chi connectivity index (χ0n) is 17.7. The van der Waals surface area contributed by atoms with Crippen LogP contribution in [0.25, 0.3) is 11.1 Å². The van der Waals surface area contributed by atoms with Gasteiger partial charge in [0.2, 0.25) is 0 Å². The monoisotopic (exact) mass is 473 g/mol. The van der Waals surface area contributed by atoms with Crippen LogP contribution in [0.1, 0.15) is 35.6 Å². The number of alkyl halides is 3. The molecular formula is C26H23ClF3NO2. The van der Waals surface area contributed by atoms with Crippen LogP contribution in [0.3, 0.4) is 0 Å². The van der Waals surface area contributed by atoms with Crippen LogP contribution >= 0.6 is 11.6 Å². The van der Waals surface area contributed by atoms with E-state index in [0.717, 1.165) is 28.8 Å². The third-order valence-corrected chi connectivity index (χ3v) is 6.54. The predicted octanol–water partition coefficient (Wildman–Crippen LogP) is 6.91. The average molecular weight is 474 g/mol. The van der Waals surface area contributed by atoms with E-state index < -0.39 is 29.7 Å². The number of likely N-dealkylation sites (tertiary alicyclic amines) is 1. The Kier molecular flexibility index (Phi) is 6.77. The third-order valence-electron chi connectivity index (χ3n) is 6.20. The van der Waals surface area contributed by atoms with Gasteiger partial charge in [-0.25, -0.2) is 0 Å². The lowest BCUT2D eigenvalue weighted by atomic mass is 9.90. The molecule has 1 atom stereocenters. The van der Waals surface area contributed by atoms with Gasteiger partial charge in [0.15, 0.2) is 0 Å². The highest BCUT2D eigenvalue weighted by atomic mass is 35.5. The number of carboxylic acids is 1. The molecule has 33 heavy (non-hydrogen) atoms. The topological polar surface area (TPSA) is 40.5 Å². The summed E-state index contributed by atoms with van der Waals surface area (Å²) < 4.78 is 40.4. The van der Waals surface area contributed by atoms with Gasteiger partial charge in [-0.2, -0.15) is 13.2 Å². The molecule has 1 fully saturated rings. The summed E-state index contributed by atoms with van der Waals surface area (Å²) in [7, 11) is 0. The van der Waals surface area contributed by atoms with E-state index in [1.807, 2.05) is 59.5 Å². The third kappa shape index (κ3) is 5.23. The maximum atomic E-state index is 13.5. The largest absolute Gasteiger partial charge is 0.481 e. The second kappa shape index (κ2) is 9.57. The first-order valence-electron chi connectivity index (χ1n) is 10.7. The number of rotatable bonds is 5. The Morgan fingerprint density at radius 1 is 0.939 bits per heavy atom. The Morgan fingerprint density at radius 2 is 1.55 bits per heavy atom. The first kappa shape index (κ1) is 23.3. The Morgan fingerprint density at radius 3 is 2.12 bits per heavy atom. The van der Waals surface area contributed by atoms with Crippen LogP contribution in [0.15, 0.2) is 72.8 Å². The van der Waals surface area contributed by atoms with Crippen molar-refractivity contribution in [2.45, 2.75) is 25.1 Å². The number of nitrogens with zero attached hydrogens (tertiary/aromatic N) is 1. The second-order valence-corrected chi connectivity index (χ2v) is 8.68. The van der Waals surface area contributed by atoms with E-state index in [-0.39, 0.29) is 5.02 Å². The highest BCUT2D eigenvalue weighted by Crippen LogP contribution is 2.40. The zero-order chi connectivity index (χ0) is 23.6. The molecule has 3 aromatic rings. The minimum atomic E-state index is -4.49. The van der Waals surface area contributed by atoms with E-state index in [0.29, 0.717) is 31.5 Å².